The van der Waals surface area contributed by atoms with E-state index in [-0.39, 0.29) is 16.1 Å². The van der Waals surface area contributed by atoms with Gasteiger partial charge in [-0.2, -0.15) is 4.31 Å². The maximum Gasteiger partial charge on any atom is 0.253 e. The first kappa shape index (κ1) is 20.5. The largest absolute Gasteiger partial charge is 0.468 e. The van der Waals surface area contributed by atoms with Gasteiger partial charge in [-0.3, -0.25) is 4.79 Å². The molecule has 1 aromatic carbocycles. The van der Waals surface area contributed by atoms with Crippen molar-refractivity contribution in [1.29, 1.82) is 0 Å². The fourth-order valence-corrected chi connectivity index (χ4v) is 6.15. The van der Waals surface area contributed by atoms with E-state index < -0.39 is 10.0 Å². The van der Waals surface area contributed by atoms with Crippen LogP contribution in [0.3, 0.4) is 0 Å². The lowest BCUT2D eigenvalue weighted by atomic mass is 10.2. The number of hydrogen-bond acceptors (Lipinski definition) is 6. The number of rotatable bonds is 4. The Hall–Kier alpha value is -1.81. The molecule has 3 heterocycles. The van der Waals surface area contributed by atoms with Crippen molar-refractivity contribution < 1.29 is 22.4 Å². The van der Waals surface area contributed by atoms with E-state index in [1.54, 1.807) is 30.2 Å². The van der Waals surface area contributed by atoms with Crippen molar-refractivity contribution in [2.45, 2.75) is 16.6 Å². The number of hydrogen-bond donors (Lipinski definition) is 0. The minimum Gasteiger partial charge on any atom is -0.468 e. The van der Waals surface area contributed by atoms with E-state index >= 15 is 0 Å². The predicted octanol–water partition coefficient (Wildman–Crippen LogP) is 2.62. The molecule has 2 fully saturated rings. The Labute approximate surface area is 175 Å². The summed E-state index contributed by atoms with van der Waals surface area (Å²) >= 11 is 1.80. The highest BCUT2D eigenvalue weighted by Crippen LogP contribution is 2.34. The third kappa shape index (κ3) is 4.53. The smallest absolute Gasteiger partial charge is 0.253 e. The molecule has 1 atom stereocenters. The van der Waals surface area contributed by atoms with Crippen LogP contribution in [0, 0.1) is 0 Å². The predicted molar refractivity (Wildman–Crippen MR) is 110 cm³/mol. The van der Waals surface area contributed by atoms with Gasteiger partial charge in [-0.05, 0) is 42.8 Å². The van der Waals surface area contributed by atoms with Gasteiger partial charge >= 0.3 is 0 Å². The standard InChI is InChI=1S/C20H24N2O5S2/c23-20(21-8-7-19(28-15-11-21)18-2-1-12-27-18)16-3-5-17(6-4-16)29(24,25)22-9-13-26-14-10-22/h1-6,12,19H,7-11,13-15H2. The fourth-order valence-electron chi connectivity index (χ4n) is 3.56. The van der Waals surface area contributed by atoms with Gasteiger partial charge in [-0.15, -0.1) is 11.8 Å². The van der Waals surface area contributed by atoms with Gasteiger partial charge in [0.1, 0.15) is 5.76 Å². The van der Waals surface area contributed by atoms with E-state index in [2.05, 4.69) is 0 Å². The number of amides is 1. The number of sulfonamides is 1. The molecule has 0 bridgehead atoms. The Kier molecular flexibility index (Phi) is 6.29. The van der Waals surface area contributed by atoms with Gasteiger partial charge in [-0.25, -0.2) is 8.42 Å². The third-order valence-electron chi connectivity index (χ3n) is 5.20. The van der Waals surface area contributed by atoms with Crippen molar-refractivity contribution in [2.24, 2.45) is 0 Å². The average molecular weight is 437 g/mol. The number of thioether (sulfide) groups is 1. The van der Waals surface area contributed by atoms with Crippen molar-refractivity contribution in [3.05, 3.63) is 54.0 Å². The van der Waals surface area contributed by atoms with Crippen LogP contribution in [0.5, 0.6) is 0 Å². The second kappa shape index (κ2) is 8.91. The molecule has 156 valence electrons. The molecule has 0 aliphatic carbocycles. The second-order valence-electron chi connectivity index (χ2n) is 7.00. The minimum absolute atomic E-state index is 0.0685. The van der Waals surface area contributed by atoms with E-state index in [9.17, 15) is 13.2 Å². The van der Waals surface area contributed by atoms with Crippen molar-refractivity contribution in [1.82, 2.24) is 9.21 Å². The van der Waals surface area contributed by atoms with Crippen molar-refractivity contribution in [3.63, 3.8) is 0 Å². The number of benzene rings is 1. The summed E-state index contributed by atoms with van der Waals surface area (Å²) < 4.78 is 37.6. The van der Waals surface area contributed by atoms with Crippen LogP contribution in [0.25, 0.3) is 0 Å². The normalized spacial score (nSPS) is 21.7. The minimum atomic E-state index is -3.55. The molecule has 29 heavy (non-hydrogen) atoms. The highest BCUT2D eigenvalue weighted by molar-refractivity contribution is 7.99. The summed E-state index contributed by atoms with van der Waals surface area (Å²) in [5.41, 5.74) is 0.507. The van der Waals surface area contributed by atoms with Crippen LogP contribution in [0.2, 0.25) is 0 Å². The summed E-state index contributed by atoms with van der Waals surface area (Å²) in [7, 11) is -3.55. The van der Waals surface area contributed by atoms with E-state index in [4.69, 9.17) is 9.15 Å². The molecule has 0 saturated carbocycles. The van der Waals surface area contributed by atoms with Crippen LogP contribution in [0.15, 0.2) is 52.0 Å². The molecular weight excluding hydrogens is 412 g/mol. The van der Waals surface area contributed by atoms with Crippen LogP contribution < -0.4 is 0 Å². The van der Waals surface area contributed by atoms with Crippen LogP contribution in [0.1, 0.15) is 27.8 Å². The zero-order valence-corrected chi connectivity index (χ0v) is 17.7. The van der Waals surface area contributed by atoms with Crippen molar-refractivity contribution in [3.8, 4) is 0 Å². The first-order chi connectivity index (χ1) is 14.1. The van der Waals surface area contributed by atoms with Gasteiger partial charge in [0, 0.05) is 37.5 Å². The molecule has 0 radical (unpaired) electrons. The fraction of sp³-hybridized carbons (Fsp3) is 0.450. The summed E-state index contributed by atoms with van der Waals surface area (Å²) in [5, 5.41) is 0.254. The lowest BCUT2D eigenvalue weighted by Gasteiger charge is -2.26. The Bertz CT molecular complexity index is 922. The zero-order chi connectivity index (χ0) is 20.3. The monoisotopic (exact) mass is 436 g/mol. The molecule has 7 nitrogen and oxygen atoms in total. The lowest BCUT2D eigenvalue weighted by molar-refractivity contribution is 0.0730. The van der Waals surface area contributed by atoms with Gasteiger partial charge in [0.2, 0.25) is 10.0 Å². The zero-order valence-electron chi connectivity index (χ0n) is 16.0. The number of furan rings is 1. The van der Waals surface area contributed by atoms with Gasteiger partial charge in [0.25, 0.3) is 5.91 Å². The highest BCUT2D eigenvalue weighted by atomic mass is 32.2. The van der Waals surface area contributed by atoms with Crippen molar-refractivity contribution >= 4 is 27.7 Å². The quantitative estimate of drug-likeness (QED) is 0.733. The third-order valence-corrected chi connectivity index (χ3v) is 8.40. The molecule has 2 saturated heterocycles. The van der Waals surface area contributed by atoms with Crippen LogP contribution >= 0.6 is 11.8 Å². The summed E-state index contributed by atoms with van der Waals surface area (Å²) in [5.74, 6) is 1.71. The molecule has 2 aromatic rings. The first-order valence-electron chi connectivity index (χ1n) is 9.68. The van der Waals surface area contributed by atoms with Gasteiger partial charge in [-0.1, -0.05) is 0 Å². The SMILES string of the molecule is O=C(c1ccc(S(=O)(=O)N2CCOCC2)cc1)N1CCSC(c2ccco2)CC1. The summed E-state index contributed by atoms with van der Waals surface area (Å²) in [6.07, 6.45) is 2.50. The molecule has 1 amide bonds. The summed E-state index contributed by atoms with van der Waals surface area (Å²) in [4.78, 5) is 15.0. The van der Waals surface area contributed by atoms with E-state index in [1.807, 2.05) is 17.0 Å². The Morgan fingerprint density at radius 3 is 2.48 bits per heavy atom. The molecule has 1 unspecified atom stereocenters. The Balaban J connectivity index is 1.42. The Morgan fingerprint density at radius 2 is 1.79 bits per heavy atom. The molecule has 0 spiro atoms. The lowest BCUT2D eigenvalue weighted by Crippen LogP contribution is -2.40. The second-order valence-corrected chi connectivity index (χ2v) is 10.2. The maximum atomic E-state index is 12.9. The topological polar surface area (TPSA) is 80.1 Å². The van der Waals surface area contributed by atoms with Crippen LogP contribution in [-0.4, -0.2) is 68.7 Å². The number of ether oxygens (including phenoxy) is 1. The molecule has 4 rings (SSSR count). The number of morpholine rings is 1. The number of nitrogens with zero attached hydrogens (tertiary/aromatic N) is 2. The molecule has 2 aliphatic rings. The molecule has 0 N–H and O–H groups in total. The average Bonchev–Trinajstić information content (AvgIpc) is 3.19. The molecule has 2 aliphatic heterocycles. The first-order valence-corrected chi connectivity index (χ1v) is 12.2. The molecule has 1 aromatic heterocycles. The van der Waals surface area contributed by atoms with E-state index in [0.717, 1.165) is 17.9 Å². The molecular formula is C20H24N2O5S2. The Morgan fingerprint density at radius 1 is 1.03 bits per heavy atom. The van der Waals surface area contributed by atoms with Crippen LogP contribution in [0.4, 0.5) is 0 Å². The maximum absolute atomic E-state index is 12.9. The summed E-state index contributed by atoms with van der Waals surface area (Å²) in [6.45, 7) is 2.82. The number of carbonyl (C=O) groups excluding carboxylic acids is 1. The van der Waals surface area contributed by atoms with E-state index in [0.29, 0.717) is 45.0 Å². The van der Waals surface area contributed by atoms with E-state index in [1.165, 1.54) is 16.4 Å². The van der Waals surface area contributed by atoms with Gasteiger partial charge in [0.15, 0.2) is 0 Å². The highest BCUT2D eigenvalue weighted by Gasteiger charge is 2.27. The number of carbonyl (C=O) groups is 1. The van der Waals surface area contributed by atoms with Crippen LogP contribution in [-0.2, 0) is 14.8 Å². The van der Waals surface area contributed by atoms with Gasteiger partial charge < -0.3 is 14.1 Å². The van der Waals surface area contributed by atoms with Gasteiger partial charge in [0.05, 0.1) is 29.6 Å². The van der Waals surface area contributed by atoms with Crippen molar-refractivity contribution in [2.75, 3.05) is 45.1 Å². The summed E-state index contributed by atoms with van der Waals surface area (Å²) in [6, 6.07) is 10.1. The molecule has 9 heteroatoms.